The molecular formula is C19H12N4O2S. The van der Waals surface area contributed by atoms with Gasteiger partial charge in [-0.2, -0.15) is 5.10 Å². The molecule has 0 saturated carbocycles. The summed E-state index contributed by atoms with van der Waals surface area (Å²) in [5, 5.41) is 9.65. The smallest absolute Gasteiger partial charge is 0.298 e. The standard InChI is InChI=1S/C19H12N4O2S/c1-10-21-14-3-2-11(6-18(14)26-10)16-7-17(25-9-24)19-12-8-20-23-13(12)4-5-15(19)22-16/h2-9H,1H3,(H,20,23). The van der Waals surface area contributed by atoms with Gasteiger partial charge in [0.15, 0.2) is 0 Å². The molecule has 2 aromatic carbocycles. The molecular weight excluding hydrogens is 348 g/mol. The number of pyridine rings is 1. The fourth-order valence-electron chi connectivity index (χ4n) is 3.21. The lowest BCUT2D eigenvalue weighted by Crippen LogP contribution is -1.94. The second kappa shape index (κ2) is 5.60. The van der Waals surface area contributed by atoms with Crippen molar-refractivity contribution in [3.8, 4) is 17.0 Å². The number of rotatable bonds is 3. The van der Waals surface area contributed by atoms with Crippen LogP contribution in [0.3, 0.4) is 0 Å². The van der Waals surface area contributed by atoms with E-state index in [1.807, 2.05) is 31.2 Å². The molecule has 0 fully saturated rings. The van der Waals surface area contributed by atoms with Crippen LogP contribution < -0.4 is 4.74 Å². The molecule has 5 rings (SSSR count). The quantitative estimate of drug-likeness (QED) is 0.487. The molecule has 0 aliphatic carbocycles. The Labute approximate surface area is 151 Å². The van der Waals surface area contributed by atoms with Crippen molar-refractivity contribution >= 4 is 49.8 Å². The van der Waals surface area contributed by atoms with Crippen LogP contribution in [-0.2, 0) is 4.79 Å². The molecule has 0 aliphatic heterocycles. The molecule has 7 heteroatoms. The van der Waals surface area contributed by atoms with Crippen molar-refractivity contribution in [3.05, 3.63) is 47.6 Å². The molecule has 0 spiro atoms. The van der Waals surface area contributed by atoms with Crippen molar-refractivity contribution in [2.75, 3.05) is 0 Å². The van der Waals surface area contributed by atoms with E-state index in [1.54, 1.807) is 23.6 Å². The molecule has 6 nitrogen and oxygen atoms in total. The Morgan fingerprint density at radius 3 is 2.88 bits per heavy atom. The third-order valence-electron chi connectivity index (χ3n) is 4.32. The number of benzene rings is 2. The molecule has 0 radical (unpaired) electrons. The van der Waals surface area contributed by atoms with E-state index in [1.165, 1.54) is 0 Å². The minimum Gasteiger partial charge on any atom is -0.428 e. The Kier molecular flexibility index (Phi) is 3.23. The normalized spacial score (nSPS) is 11.4. The Bertz CT molecular complexity index is 1310. The first-order valence-electron chi connectivity index (χ1n) is 7.97. The molecule has 0 bridgehead atoms. The van der Waals surface area contributed by atoms with E-state index in [9.17, 15) is 4.79 Å². The van der Waals surface area contributed by atoms with Gasteiger partial charge in [0, 0.05) is 17.0 Å². The predicted octanol–water partition coefficient (Wildman–Crippen LogP) is 4.23. The number of carbonyl (C=O) groups is 1. The Balaban J connectivity index is 1.79. The first-order valence-corrected chi connectivity index (χ1v) is 8.79. The number of fused-ring (bicyclic) bond motifs is 4. The summed E-state index contributed by atoms with van der Waals surface area (Å²) in [4.78, 5) is 20.3. The number of ether oxygens (including phenoxy) is 1. The Morgan fingerprint density at radius 2 is 2.00 bits per heavy atom. The van der Waals surface area contributed by atoms with Crippen LogP contribution in [0.5, 0.6) is 5.75 Å². The molecule has 0 saturated heterocycles. The van der Waals surface area contributed by atoms with Crippen LogP contribution in [-0.4, -0.2) is 26.6 Å². The van der Waals surface area contributed by atoms with Crippen LogP contribution in [0.1, 0.15) is 5.01 Å². The van der Waals surface area contributed by atoms with Gasteiger partial charge in [0.25, 0.3) is 6.47 Å². The van der Waals surface area contributed by atoms with E-state index < -0.39 is 0 Å². The number of carbonyl (C=O) groups excluding carboxylic acids is 1. The molecule has 26 heavy (non-hydrogen) atoms. The molecule has 0 unspecified atom stereocenters. The Morgan fingerprint density at radius 1 is 1.12 bits per heavy atom. The fourth-order valence-corrected chi connectivity index (χ4v) is 4.07. The van der Waals surface area contributed by atoms with Crippen LogP contribution in [0.2, 0.25) is 0 Å². The van der Waals surface area contributed by atoms with E-state index in [0.717, 1.165) is 48.3 Å². The number of thiazole rings is 1. The SMILES string of the molecule is Cc1nc2ccc(-c3cc(OC=O)c4c(ccc5[nH]ncc54)n3)cc2s1. The zero-order valence-electron chi connectivity index (χ0n) is 13.7. The minimum atomic E-state index is 0.438. The monoisotopic (exact) mass is 360 g/mol. The number of H-pyrrole nitrogens is 1. The first kappa shape index (κ1) is 15.0. The lowest BCUT2D eigenvalue weighted by atomic mass is 10.1. The maximum atomic E-state index is 11.0. The number of hydrogen-bond donors (Lipinski definition) is 1. The highest BCUT2D eigenvalue weighted by atomic mass is 32.1. The summed E-state index contributed by atoms with van der Waals surface area (Å²) >= 11 is 1.64. The summed E-state index contributed by atoms with van der Waals surface area (Å²) in [6.45, 7) is 2.43. The fraction of sp³-hybridized carbons (Fsp3) is 0.0526. The van der Waals surface area contributed by atoms with Crippen LogP contribution in [0.15, 0.2) is 42.6 Å². The van der Waals surface area contributed by atoms with Gasteiger partial charge in [-0.1, -0.05) is 6.07 Å². The van der Waals surface area contributed by atoms with Gasteiger partial charge in [-0.3, -0.25) is 9.89 Å². The van der Waals surface area contributed by atoms with E-state index in [2.05, 4.69) is 21.2 Å². The van der Waals surface area contributed by atoms with Gasteiger partial charge in [0.2, 0.25) is 0 Å². The molecule has 0 aliphatic rings. The zero-order chi connectivity index (χ0) is 17.7. The van der Waals surface area contributed by atoms with Crippen LogP contribution >= 0.6 is 11.3 Å². The van der Waals surface area contributed by atoms with Gasteiger partial charge in [-0.25, -0.2) is 9.97 Å². The van der Waals surface area contributed by atoms with Crippen molar-refractivity contribution in [1.82, 2.24) is 20.2 Å². The van der Waals surface area contributed by atoms with E-state index >= 15 is 0 Å². The topological polar surface area (TPSA) is 80.8 Å². The summed E-state index contributed by atoms with van der Waals surface area (Å²) in [7, 11) is 0. The van der Waals surface area contributed by atoms with Gasteiger partial charge in [-0.15, -0.1) is 11.3 Å². The van der Waals surface area contributed by atoms with Crippen LogP contribution in [0.25, 0.3) is 43.3 Å². The summed E-state index contributed by atoms with van der Waals surface area (Å²) < 4.78 is 6.38. The highest BCUT2D eigenvalue weighted by Gasteiger charge is 2.14. The number of aryl methyl sites for hydroxylation is 1. The lowest BCUT2D eigenvalue weighted by Gasteiger charge is -2.09. The average Bonchev–Trinajstić information content (AvgIpc) is 3.25. The molecule has 3 heterocycles. The molecule has 5 aromatic rings. The maximum absolute atomic E-state index is 11.0. The number of aromatic amines is 1. The first-order chi connectivity index (χ1) is 12.7. The van der Waals surface area contributed by atoms with Gasteiger partial charge in [0.05, 0.1) is 43.5 Å². The number of aromatic nitrogens is 4. The van der Waals surface area contributed by atoms with Crippen molar-refractivity contribution < 1.29 is 9.53 Å². The number of nitrogens with zero attached hydrogens (tertiary/aromatic N) is 3. The van der Waals surface area contributed by atoms with E-state index in [-0.39, 0.29) is 0 Å². The predicted molar refractivity (Wildman–Crippen MR) is 101 cm³/mol. The third-order valence-corrected chi connectivity index (χ3v) is 5.26. The summed E-state index contributed by atoms with van der Waals surface area (Å²) in [5.74, 6) is 0.465. The zero-order valence-corrected chi connectivity index (χ0v) is 14.5. The van der Waals surface area contributed by atoms with Gasteiger partial charge >= 0.3 is 0 Å². The van der Waals surface area contributed by atoms with Gasteiger partial charge < -0.3 is 4.74 Å². The van der Waals surface area contributed by atoms with Crippen molar-refractivity contribution in [1.29, 1.82) is 0 Å². The molecule has 3 aromatic heterocycles. The number of nitrogens with one attached hydrogen (secondary N) is 1. The van der Waals surface area contributed by atoms with Gasteiger partial charge in [0.1, 0.15) is 5.75 Å². The largest absolute Gasteiger partial charge is 0.428 e. The molecule has 126 valence electrons. The molecule has 1 N–H and O–H groups in total. The summed E-state index contributed by atoms with van der Waals surface area (Å²) in [5.41, 5.74) is 4.27. The summed E-state index contributed by atoms with van der Waals surface area (Å²) in [6, 6.07) is 11.6. The van der Waals surface area contributed by atoms with Crippen molar-refractivity contribution in [2.24, 2.45) is 0 Å². The molecule has 0 amide bonds. The lowest BCUT2D eigenvalue weighted by molar-refractivity contribution is -0.120. The van der Waals surface area contributed by atoms with Gasteiger partial charge in [-0.05, 0) is 31.2 Å². The third kappa shape index (κ3) is 2.25. The molecule has 0 atom stereocenters. The van der Waals surface area contributed by atoms with E-state index in [0.29, 0.717) is 12.2 Å². The van der Waals surface area contributed by atoms with Crippen LogP contribution in [0.4, 0.5) is 0 Å². The van der Waals surface area contributed by atoms with E-state index in [4.69, 9.17) is 9.72 Å². The second-order valence-electron chi connectivity index (χ2n) is 5.93. The average molecular weight is 360 g/mol. The Hall–Kier alpha value is -3.32. The highest BCUT2D eigenvalue weighted by molar-refractivity contribution is 7.18. The van der Waals surface area contributed by atoms with Crippen molar-refractivity contribution in [3.63, 3.8) is 0 Å². The van der Waals surface area contributed by atoms with Crippen molar-refractivity contribution in [2.45, 2.75) is 6.92 Å². The van der Waals surface area contributed by atoms with Crippen LogP contribution in [0, 0.1) is 6.92 Å². The highest BCUT2D eigenvalue weighted by Crippen LogP contribution is 2.35. The second-order valence-corrected chi connectivity index (χ2v) is 7.16. The summed E-state index contributed by atoms with van der Waals surface area (Å²) in [6.07, 6.45) is 1.71. The maximum Gasteiger partial charge on any atom is 0.298 e. The minimum absolute atomic E-state index is 0.438. The number of hydrogen-bond acceptors (Lipinski definition) is 6.